The van der Waals surface area contributed by atoms with Gasteiger partial charge in [-0.1, -0.05) is 76.6 Å². The third kappa shape index (κ3) is 2.62. The summed E-state index contributed by atoms with van der Waals surface area (Å²) in [6, 6.07) is 10.4. The molecule has 2 rings (SSSR count). The van der Waals surface area contributed by atoms with E-state index in [1.54, 1.807) is 0 Å². The van der Waals surface area contributed by atoms with Crippen molar-refractivity contribution in [2.75, 3.05) is 0 Å². The summed E-state index contributed by atoms with van der Waals surface area (Å²) in [6.07, 6.45) is 5.27. The zero-order valence-electron chi connectivity index (χ0n) is 15.6. The molecule has 2 nitrogen and oxygen atoms in total. The third-order valence-corrected chi connectivity index (χ3v) is 5.96. The minimum absolute atomic E-state index is 0.102. The molecule has 0 aromatic heterocycles. The first-order valence-electron chi connectivity index (χ1n) is 9.16. The normalized spacial score (nSPS) is 27.1. The van der Waals surface area contributed by atoms with E-state index in [0.29, 0.717) is 6.42 Å². The Balaban J connectivity index is 2.90. The number of rotatable bonds is 6. The first kappa shape index (κ1) is 18.5. The van der Waals surface area contributed by atoms with E-state index in [-0.39, 0.29) is 5.41 Å². The molecule has 2 heteroatoms. The molecule has 0 heterocycles. The van der Waals surface area contributed by atoms with Crippen LogP contribution in [0.4, 0.5) is 0 Å². The van der Waals surface area contributed by atoms with Gasteiger partial charge in [0, 0.05) is 5.41 Å². The van der Waals surface area contributed by atoms with Gasteiger partial charge in [0.2, 0.25) is 0 Å². The zero-order chi connectivity index (χ0) is 18.0. The third-order valence-electron chi connectivity index (χ3n) is 5.96. The van der Waals surface area contributed by atoms with Gasteiger partial charge in [0.05, 0.1) is 0 Å². The van der Waals surface area contributed by atoms with Crippen molar-refractivity contribution in [2.24, 2.45) is 10.8 Å². The number of allylic oxidation sites excluding steroid dienone is 2. The Kier molecular flexibility index (Phi) is 5.37. The van der Waals surface area contributed by atoms with Crippen LogP contribution in [-0.4, -0.2) is 11.1 Å². The first-order chi connectivity index (χ1) is 11.4. The van der Waals surface area contributed by atoms with Crippen LogP contribution in [0.15, 0.2) is 47.6 Å². The Morgan fingerprint density at radius 1 is 1.00 bits per heavy atom. The van der Waals surface area contributed by atoms with Crippen molar-refractivity contribution in [2.45, 2.75) is 60.3 Å². The molecule has 130 valence electrons. The van der Waals surface area contributed by atoms with Crippen LogP contribution >= 0.6 is 0 Å². The van der Waals surface area contributed by atoms with Gasteiger partial charge in [-0.15, -0.1) is 0 Å². The Labute approximate surface area is 146 Å². The highest BCUT2D eigenvalue weighted by Gasteiger charge is 2.48. The number of carbonyl (C=O) groups is 1. The van der Waals surface area contributed by atoms with Crippen molar-refractivity contribution in [3.63, 3.8) is 0 Å². The van der Waals surface area contributed by atoms with Gasteiger partial charge >= 0.3 is 5.97 Å². The van der Waals surface area contributed by atoms with Crippen molar-refractivity contribution in [1.82, 2.24) is 0 Å². The van der Waals surface area contributed by atoms with Gasteiger partial charge in [0.25, 0.3) is 0 Å². The highest BCUT2D eigenvalue weighted by atomic mass is 16.4. The second-order valence-electron chi connectivity index (χ2n) is 6.91. The van der Waals surface area contributed by atoms with Gasteiger partial charge in [-0.05, 0) is 42.4 Å². The number of carboxylic acids is 1. The van der Waals surface area contributed by atoms with Gasteiger partial charge in [-0.2, -0.15) is 0 Å². The smallest absolute Gasteiger partial charge is 0.317 e. The molecule has 1 N–H and O–H groups in total. The maximum absolute atomic E-state index is 12.3. The quantitative estimate of drug-likeness (QED) is 0.641. The second kappa shape index (κ2) is 6.96. The minimum atomic E-state index is -0.875. The fraction of sp³-hybridized carbons (Fsp3) is 0.500. The molecule has 0 saturated carbocycles. The van der Waals surface area contributed by atoms with Crippen molar-refractivity contribution in [1.29, 1.82) is 0 Å². The fourth-order valence-corrected chi connectivity index (χ4v) is 4.40. The van der Waals surface area contributed by atoms with Gasteiger partial charge in [0.1, 0.15) is 5.41 Å². The number of hydrogen-bond acceptors (Lipinski definition) is 1. The molecule has 24 heavy (non-hydrogen) atoms. The highest BCUT2D eigenvalue weighted by molar-refractivity contribution is 5.90. The molecule has 0 amide bonds. The summed E-state index contributed by atoms with van der Waals surface area (Å²) in [7, 11) is 0. The molecule has 0 radical (unpaired) electrons. The second-order valence-corrected chi connectivity index (χ2v) is 6.91. The molecular weight excluding hydrogens is 296 g/mol. The van der Waals surface area contributed by atoms with Gasteiger partial charge in [-0.3, -0.25) is 4.79 Å². The molecule has 0 spiro atoms. The maximum Gasteiger partial charge on any atom is 0.317 e. The van der Waals surface area contributed by atoms with Crippen molar-refractivity contribution in [3.05, 3.63) is 53.1 Å². The number of carboxylic acid groups (broad SMARTS) is 1. The minimum Gasteiger partial charge on any atom is -0.480 e. The summed E-state index contributed by atoms with van der Waals surface area (Å²) in [5.74, 6) is -0.723. The molecule has 0 fully saturated rings. The van der Waals surface area contributed by atoms with Crippen molar-refractivity contribution in [3.8, 4) is 0 Å². The van der Waals surface area contributed by atoms with E-state index in [4.69, 9.17) is 0 Å². The maximum atomic E-state index is 12.3. The Morgan fingerprint density at radius 3 is 2.04 bits per heavy atom. The topological polar surface area (TPSA) is 37.3 Å². The van der Waals surface area contributed by atoms with E-state index in [9.17, 15) is 9.90 Å². The van der Waals surface area contributed by atoms with E-state index in [1.807, 2.05) is 25.1 Å². The van der Waals surface area contributed by atoms with Gasteiger partial charge in [0.15, 0.2) is 0 Å². The largest absolute Gasteiger partial charge is 0.480 e. The SMILES string of the molecule is CCC1=CC(CC)(C(=O)O)C(CC)=C(c2ccccc2)C1(C)CC. The summed E-state index contributed by atoms with van der Waals surface area (Å²) in [5.41, 5.74) is 3.75. The predicted molar refractivity (Wildman–Crippen MR) is 101 cm³/mol. The summed E-state index contributed by atoms with van der Waals surface area (Å²) in [5, 5.41) is 10.1. The van der Waals surface area contributed by atoms with Crippen LogP contribution in [0, 0.1) is 10.8 Å². The monoisotopic (exact) mass is 326 g/mol. The summed E-state index contributed by atoms with van der Waals surface area (Å²) < 4.78 is 0. The average molecular weight is 326 g/mol. The van der Waals surface area contributed by atoms with Crippen LogP contribution in [0.25, 0.3) is 5.57 Å². The first-order valence-corrected chi connectivity index (χ1v) is 9.16. The molecule has 2 atom stereocenters. The Bertz CT molecular complexity index is 668. The highest BCUT2D eigenvalue weighted by Crippen LogP contribution is 2.56. The number of aliphatic carboxylic acids is 1. The van der Waals surface area contributed by atoms with Crippen LogP contribution in [-0.2, 0) is 4.79 Å². The lowest BCUT2D eigenvalue weighted by Crippen LogP contribution is -2.39. The molecule has 2 unspecified atom stereocenters. The van der Waals surface area contributed by atoms with E-state index >= 15 is 0 Å². The Morgan fingerprint density at radius 2 is 1.62 bits per heavy atom. The molecule has 1 aliphatic carbocycles. The molecule has 1 aromatic rings. The van der Waals surface area contributed by atoms with E-state index < -0.39 is 11.4 Å². The summed E-state index contributed by atoms with van der Waals surface area (Å²) in [6.45, 7) is 10.7. The summed E-state index contributed by atoms with van der Waals surface area (Å²) in [4.78, 5) is 12.3. The number of benzene rings is 1. The lowest BCUT2D eigenvalue weighted by molar-refractivity contribution is -0.144. The van der Waals surface area contributed by atoms with Crippen LogP contribution in [0.2, 0.25) is 0 Å². The van der Waals surface area contributed by atoms with Crippen molar-refractivity contribution < 1.29 is 9.90 Å². The fourth-order valence-electron chi connectivity index (χ4n) is 4.40. The molecular formula is C22H30O2. The lowest BCUT2D eigenvalue weighted by atomic mass is 9.57. The predicted octanol–water partition coefficient (Wildman–Crippen LogP) is 6.10. The van der Waals surface area contributed by atoms with E-state index in [2.05, 4.69) is 45.9 Å². The lowest BCUT2D eigenvalue weighted by Gasteiger charge is -2.45. The molecule has 1 aromatic carbocycles. The Hall–Kier alpha value is -1.83. The summed E-state index contributed by atoms with van der Waals surface area (Å²) >= 11 is 0. The van der Waals surface area contributed by atoms with Crippen LogP contribution < -0.4 is 0 Å². The standard InChI is InChI=1S/C22H30O2/c1-6-17-15-22(9-4,20(23)24)18(7-2)19(21(17,5)8-3)16-13-11-10-12-14-16/h10-15H,6-9H2,1-5H3,(H,23,24). The van der Waals surface area contributed by atoms with Crippen LogP contribution in [0.5, 0.6) is 0 Å². The average Bonchev–Trinajstić information content (AvgIpc) is 2.61. The number of hydrogen-bond donors (Lipinski definition) is 1. The molecule has 1 aliphatic rings. The molecule has 0 aliphatic heterocycles. The van der Waals surface area contributed by atoms with Crippen LogP contribution in [0.3, 0.4) is 0 Å². The van der Waals surface area contributed by atoms with Gasteiger partial charge < -0.3 is 5.11 Å². The van der Waals surface area contributed by atoms with Crippen LogP contribution in [0.1, 0.15) is 65.9 Å². The molecule has 0 bridgehead atoms. The van der Waals surface area contributed by atoms with E-state index in [0.717, 1.165) is 30.4 Å². The van der Waals surface area contributed by atoms with Crippen molar-refractivity contribution >= 4 is 11.5 Å². The van der Waals surface area contributed by atoms with Gasteiger partial charge in [-0.25, -0.2) is 0 Å². The molecule has 0 saturated heterocycles. The van der Waals surface area contributed by atoms with E-state index in [1.165, 1.54) is 11.1 Å². The zero-order valence-corrected chi connectivity index (χ0v) is 15.6.